The van der Waals surface area contributed by atoms with Crippen molar-refractivity contribution in [1.29, 1.82) is 0 Å². The van der Waals surface area contributed by atoms with Gasteiger partial charge in [-0.3, -0.25) is 0 Å². The van der Waals surface area contributed by atoms with E-state index < -0.39 is 0 Å². The molecule has 11 aromatic rings. The van der Waals surface area contributed by atoms with Crippen molar-refractivity contribution in [2.45, 2.75) is 105 Å². The third-order valence-electron chi connectivity index (χ3n) is 16.8. The molecule has 5 heterocycles. The molecule has 0 saturated heterocycles. The molecule has 4 nitrogen and oxygen atoms in total. The summed E-state index contributed by atoms with van der Waals surface area (Å²) < 4.78 is 5.26. The largest absolute Gasteiger partial charge is 0.311 e. The van der Waals surface area contributed by atoms with Gasteiger partial charge in [-0.1, -0.05) is 168 Å². The Bertz CT molecular complexity index is 4190. The maximum atomic E-state index is 2.72. The highest BCUT2D eigenvalue weighted by Crippen LogP contribution is 2.56. The van der Waals surface area contributed by atoms with Crippen molar-refractivity contribution >= 4 is 128 Å². The fourth-order valence-corrected chi connectivity index (χ4v) is 13.9. The van der Waals surface area contributed by atoms with Gasteiger partial charge in [0, 0.05) is 65.1 Å². The molecular weight excluding hydrogens is 940 g/mol. The zero-order chi connectivity index (χ0) is 52.5. The Balaban J connectivity index is 1.18. The molecule has 0 unspecified atom stereocenters. The Morgan fingerprint density at radius 3 is 1.61 bits per heavy atom. The summed E-state index contributed by atoms with van der Waals surface area (Å²) in [6, 6.07) is 68.0. The first-order valence-electron chi connectivity index (χ1n) is 27.3. The van der Waals surface area contributed by atoms with Gasteiger partial charge in [0.25, 0.3) is 6.71 Å². The normalized spacial score (nSPS) is 14.0. The highest BCUT2D eigenvalue weighted by atomic mass is 32.1. The van der Waals surface area contributed by atoms with Crippen LogP contribution in [0.3, 0.4) is 0 Å². The summed E-state index contributed by atoms with van der Waals surface area (Å²) >= 11 is 1.89. The number of thiophene rings is 1. The van der Waals surface area contributed by atoms with Gasteiger partial charge >= 0.3 is 0 Å². The van der Waals surface area contributed by atoms with E-state index in [-0.39, 0.29) is 28.4 Å². The van der Waals surface area contributed by atoms with E-state index in [1.807, 2.05) is 11.3 Å². The molecule has 0 radical (unpaired) electrons. The maximum absolute atomic E-state index is 2.72. The van der Waals surface area contributed by atoms with Gasteiger partial charge in [-0.05, 0) is 151 Å². The summed E-state index contributed by atoms with van der Waals surface area (Å²) in [5, 5.41) is 5.22. The number of aromatic nitrogens is 1. The minimum Gasteiger partial charge on any atom is -0.311 e. The lowest BCUT2D eigenvalue weighted by Crippen LogP contribution is -2.62. The van der Waals surface area contributed by atoms with Gasteiger partial charge in [-0.25, -0.2) is 0 Å². The molecule has 0 N–H and O–H groups in total. The van der Waals surface area contributed by atoms with Gasteiger partial charge in [0.2, 0.25) is 0 Å². The number of anilines is 9. The van der Waals surface area contributed by atoms with E-state index in [0.29, 0.717) is 0 Å². The second kappa shape index (κ2) is 16.0. The fourth-order valence-electron chi connectivity index (χ4n) is 12.7. The van der Waals surface area contributed by atoms with Crippen LogP contribution in [0, 0.1) is 0 Å². The molecule has 76 heavy (non-hydrogen) atoms. The van der Waals surface area contributed by atoms with Gasteiger partial charge < -0.3 is 19.3 Å². The van der Waals surface area contributed by atoms with E-state index in [2.05, 4.69) is 278 Å². The van der Waals surface area contributed by atoms with Crippen LogP contribution in [0.4, 0.5) is 51.2 Å². The summed E-state index contributed by atoms with van der Waals surface area (Å²) in [6.07, 6.45) is 0. The van der Waals surface area contributed by atoms with Gasteiger partial charge in [0.15, 0.2) is 0 Å². The van der Waals surface area contributed by atoms with E-state index in [4.69, 9.17) is 0 Å². The van der Waals surface area contributed by atoms with E-state index in [1.54, 1.807) is 0 Å². The average molecular weight is 1010 g/mol. The Kier molecular flexibility index (Phi) is 9.89. The summed E-state index contributed by atoms with van der Waals surface area (Å²) in [5.74, 6) is 0. The number of hydrogen-bond donors (Lipinski definition) is 0. The lowest BCUT2D eigenvalue weighted by molar-refractivity contribution is 0.590. The van der Waals surface area contributed by atoms with Crippen LogP contribution in [0.5, 0.6) is 0 Å². The molecule has 0 saturated carbocycles. The predicted molar refractivity (Wildman–Crippen MR) is 331 cm³/mol. The SMILES string of the molecule is CC(C)(C)c1ccc2c(c1)B1c3cc(C(C)(C)C)cc4c3N(c3cc(N(c5ccccc5)c5ccccc5)cc(c31)N2c1ccc2c(c1)sc1ccccc12)c1cc(C(C)(C)C)cc2c3cc(C(C)(C)C)ccc3n-4c12. The monoisotopic (exact) mass is 1000 g/mol. The molecule has 0 aliphatic carbocycles. The van der Waals surface area contributed by atoms with Gasteiger partial charge in [0.05, 0.1) is 33.8 Å². The number of para-hydroxylation sites is 2. The van der Waals surface area contributed by atoms with Gasteiger partial charge in [-0.15, -0.1) is 11.3 Å². The van der Waals surface area contributed by atoms with Crippen LogP contribution < -0.4 is 31.1 Å². The Hall–Kier alpha value is -7.54. The Morgan fingerprint density at radius 1 is 0.382 bits per heavy atom. The van der Waals surface area contributed by atoms with Crippen LogP contribution in [0.25, 0.3) is 47.7 Å². The van der Waals surface area contributed by atoms with Crippen molar-refractivity contribution in [2.24, 2.45) is 0 Å². The van der Waals surface area contributed by atoms with E-state index in [0.717, 1.165) is 22.7 Å². The van der Waals surface area contributed by atoms with E-state index >= 15 is 0 Å². The molecule has 0 atom stereocenters. The van der Waals surface area contributed by atoms with Crippen LogP contribution in [0.15, 0.2) is 176 Å². The van der Waals surface area contributed by atoms with Gasteiger partial charge in [0.1, 0.15) is 0 Å². The third kappa shape index (κ3) is 6.95. The molecule has 3 aliphatic rings. The standard InChI is InChI=1S/C70H65BN4S/c1-67(2,3)42-27-31-56-52(33-42)53-34-44(69(7,8)9)37-60-65(53)74(56)61-38-45(70(10,11)12)36-55-66(61)75(60)59-40-49(72(46-21-15-13-16-22-46)47-23-17-14-18-24-47)39-58-64(59)71(55)54-35-43(68(4,5)6)28-32-57(54)73(58)48-29-30-51-50-25-19-20-26-62(50)76-63(51)41-48/h13-41H,1-12H3. The number of rotatable bonds is 4. The fraction of sp³-hybridized carbons (Fsp3) is 0.229. The molecule has 2 aromatic heterocycles. The lowest BCUT2D eigenvalue weighted by atomic mass is 9.33. The van der Waals surface area contributed by atoms with Crippen molar-refractivity contribution in [3.8, 4) is 5.69 Å². The molecule has 14 rings (SSSR count). The molecule has 6 heteroatoms. The van der Waals surface area contributed by atoms with E-state index in [9.17, 15) is 0 Å². The van der Waals surface area contributed by atoms with Crippen LogP contribution in [0.2, 0.25) is 0 Å². The topological polar surface area (TPSA) is 14.7 Å². The highest BCUT2D eigenvalue weighted by Gasteiger charge is 2.48. The zero-order valence-corrected chi connectivity index (χ0v) is 46.8. The molecule has 9 aromatic carbocycles. The van der Waals surface area contributed by atoms with Crippen LogP contribution >= 0.6 is 11.3 Å². The predicted octanol–water partition coefficient (Wildman–Crippen LogP) is 18.2. The molecule has 0 spiro atoms. The third-order valence-corrected chi connectivity index (χ3v) is 18.0. The number of benzene rings is 9. The van der Waals surface area contributed by atoms with Crippen molar-refractivity contribution in [2.75, 3.05) is 14.7 Å². The van der Waals surface area contributed by atoms with Crippen LogP contribution in [-0.4, -0.2) is 11.3 Å². The smallest absolute Gasteiger partial charge is 0.252 e. The zero-order valence-electron chi connectivity index (χ0n) is 46.0. The Morgan fingerprint density at radius 2 is 0.934 bits per heavy atom. The van der Waals surface area contributed by atoms with Crippen molar-refractivity contribution < 1.29 is 0 Å². The van der Waals surface area contributed by atoms with Crippen LogP contribution in [0.1, 0.15) is 105 Å². The molecular formula is C70H65BN4S. The van der Waals surface area contributed by atoms with Crippen molar-refractivity contribution in [1.82, 2.24) is 4.57 Å². The van der Waals surface area contributed by atoms with Crippen molar-refractivity contribution in [3.63, 3.8) is 0 Å². The highest BCUT2D eigenvalue weighted by molar-refractivity contribution is 7.25. The molecule has 0 fully saturated rings. The second-order valence-electron chi connectivity index (χ2n) is 26.0. The summed E-state index contributed by atoms with van der Waals surface area (Å²) in [5.41, 5.74) is 23.4. The number of nitrogens with zero attached hydrogens (tertiary/aromatic N) is 4. The first kappa shape index (κ1) is 47.0. The second-order valence-corrected chi connectivity index (χ2v) is 27.0. The number of hydrogen-bond acceptors (Lipinski definition) is 4. The first-order chi connectivity index (χ1) is 36.2. The average Bonchev–Trinajstić information content (AvgIpc) is 3.99. The van der Waals surface area contributed by atoms with E-state index in [1.165, 1.54) is 115 Å². The minimum atomic E-state index is -0.135. The summed E-state index contributed by atoms with van der Waals surface area (Å²) in [6.45, 7) is 28.3. The van der Waals surface area contributed by atoms with Gasteiger partial charge in [-0.2, -0.15) is 0 Å². The summed E-state index contributed by atoms with van der Waals surface area (Å²) in [7, 11) is 0. The lowest BCUT2D eigenvalue weighted by Gasteiger charge is -2.47. The summed E-state index contributed by atoms with van der Waals surface area (Å²) in [4.78, 5) is 7.80. The number of fused-ring (bicyclic) bond motifs is 12. The first-order valence-corrected chi connectivity index (χ1v) is 28.1. The maximum Gasteiger partial charge on any atom is 0.252 e. The quantitative estimate of drug-likeness (QED) is 0.163. The molecule has 0 bridgehead atoms. The molecule has 0 amide bonds. The minimum absolute atomic E-state index is 0.0169. The van der Waals surface area contributed by atoms with Crippen molar-refractivity contribution in [3.05, 3.63) is 198 Å². The van der Waals surface area contributed by atoms with Crippen LogP contribution in [-0.2, 0) is 21.7 Å². The molecule has 3 aliphatic heterocycles. The Labute approximate surface area is 452 Å². The molecule has 374 valence electrons.